The first-order valence-electron chi connectivity index (χ1n) is 16.8. The summed E-state index contributed by atoms with van der Waals surface area (Å²) in [6, 6.07) is 62.6. The fourth-order valence-electron chi connectivity index (χ4n) is 7.19. The molecule has 0 atom stereocenters. The Morgan fingerprint density at radius 1 is 0.400 bits per heavy atom. The summed E-state index contributed by atoms with van der Waals surface area (Å²) in [5.41, 5.74) is 12.5. The average Bonchev–Trinajstić information content (AvgIpc) is 3.73. The van der Waals surface area contributed by atoms with Crippen LogP contribution in [0.2, 0.25) is 0 Å². The summed E-state index contributed by atoms with van der Waals surface area (Å²) >= 11 is 1.77. The lowest BCUT2D eigenvalue weighted by atomic mass is 9.98. The lowest BCUT2D eigenvalue weighted by Gasteiger charge is -2.08. The Morgan fingerprint density at radius 3 is 1.72 bits per heavy atom. The molecule has 50 heavy (non-hydrogen) atoms. The van der Waals surface area contributed by atoms with E-state index in [2.05, 4.69) is 156 Å². The van der Waals surface area contributed by atoms with Crippen LogP contribution in [-0.4, -0.2) is 14.5 Å². The Kier molecular flexibility index (Phi) is 6.68. The SMILES string of the molecule is c1ccc(-c2nc(-c3ccccc3)c3sc4cc(-c5ccc(-c6ccc7c(c6)c6ccccc6n7-c6ccccc6)cc5)ccc4c3n2)cc1. The van der Waals surface area contributed by atoms with Crippen molar-refractivity contribution in [3.05, 3.63) is 176 Å². The third-order valence-electron chi connectivity index (χ3n) is 9.63. The van der Waals surface area contributed by atoms with Gasteiger partial charge in [0.05, 0.1) is 26.9 Å². The van der Waals surface area contributed by atoms with E-state index >= 15 is 0 Å². The average molecular weight is 656 g/mol. The van der Waals surface area contributed by atoms with Crippen molar-refractivity contribution < 1.29 is 0 Å². The summed E-state index contributed by atoms with van der Waals surface area (Å²) in [6.07, 6.45) is 0. The van der Waals surface area contributed by atoms with Gasteiger partial charge in [0.25, 0.3) is 0 Å². The van der Waals surface area contributed by atoms with Gasteiger partial charge in [-0.15, -0.1) is 11.3 Å². The molecular weight excluding hydrogens is 627 g/mol. The van der Waals surface area contributed by atoms with E-state index < -0.39 is 0 Å². The minimum absolute atomic E-state index is 0.749. The van der Waals surface area contributed by atoms with Crippen molar-refractivity contribution in [3.63, 3.8) is 0 Å². The third-order valence-corrected chi connectivity index (χ3v) is 10.8. The minimum Gasteiger partial charge on any atom is -0.309 e. The molecule has 3 aromatic heterocycles. The molecule has 0 fully saturated rings. The highest BCUT2D eigenvalue weighted by molar-refractivity contribution is 7.26. The normalized spacial score (nSPS) is 11.6. The molecule has 10 rings (SSSR count). The highest BCUT2D eigenvalue weighted by Gasteiger charge is 2.17. The van der Waals surface area contributed by atoms with E-state index in [1.54, 1.807) is 11.3 Å². The van der Waals surface area contributed by atoms with E-state index in [0.29, 0.717) is 0 Å². The largest absolute Gasteiger partial charge is 0.309 e. The van der Waals surface area contributed by atoms with Gasteiger partial charge in [-0.25, -0.2) is 9.97 Å². The van der Waals surface area contributed by atoms with E-state index in [1.807, 2.05) is 24.3 Å². The van der Waals surface area contributed by atoms with E-state index in [4.69, 9.17) is 9.97 Å². The maximum absolute atomic E-state index is 5.12. The number of nitrogens with zero attached hydrogens (tertiary/aromatic N) is 3. The number of hydrogen-bond donors (Lipinski definition) is 0. The lowest BCUT2D eigenvalue weighted by Crippen LogP contribution is -1.93. The monoisotopic (exact) mass is 655 g/mol. The quantitative estimate of drug-likeness (QED) is 0.185. The van der Waals surface area contributed by atoms with Crippen LogP contribution in [0.1, 0.15) is 0 Å². The molecule has 10 aromatic rings. The molecule has 0 radical (unpaired) electrons. The Bertz CT molecular complexity index is 2840. The molecule has 7 aromatic carbocycles. The molecule has 0 aliphatic carbocycles. The maximum atomic E-state index is 5.12. The van der Waals surface area contributed by atoms with Crippen molar-refractivity contribution in [2.24, 2.45) is 0 Å². The Morgan fingerprint density at radius 2 is 0.980 bits per heavy atom. The van der Waals surface area contributed by atoms with E-state index in [-0.39, 0.29) is 0 Å². The zero-order chi connectivity index (χ0) is 33.0. The fourth-order valence-corrected chi connectivity index (χ4v) is 8.39. The highest BCUT2D eigenvalue weighted by Crippen LogP contribution is 2.41. The summed E-state index contributed by atoms with van der Waals surface area (Å²) in [4.78, 5) is 10.2. The number of aromatic nitrogens is 3. The second-order valence-corrected chi connectivity index (χ2v) is 13.7. The van der Waals surface area contributed by atoms with Gasteiger partial charge in [-0.2, -0.15) is 0 Å². The first kappa shape index (κ1) is 28.6. The lowest BCUT2D eigenvalue weighted by molar-refractivity contribution is 1.18. The first-order valence-corrected chi connectivity index (χ1v) is 17.6. The summed E-state index contributed by atoms with van der Waals surface area (Å²) in [7, 11) is 0. The van der Waals surface area contributed by atoms with Crippen LogP contribution >= 0.6 is 11.3 Å². The minimum atomic E-state index is 0.749. The molecule has 0 aliphatic rings. The summed E-state index contributed by atoms with van der Waals surface area (Å²) in [6.45, 7) is 0. The number of rotatable bonds is 5. The Hall–Kier alpha value is -6.36. The Balaban J connectivity index is 1.04. The molecule has 234 valence electrons. The van der Waals surface area contributed by atoms with E-state index in [9.17, 15) is 0 Å². The summed E-state index contributed by atoms with van der Waals surface area (Å²) < 4.78 is 4.68. The van der Waals surface area contributed by atoms with Crippen molar-refractivity contribution in [1.82, 2.24) is 14.5 Å². The van der Waals surface area contributed by atoms with E-state index in [0.717, 1.165) is 38.2 Å². The number of thiophene rings is 1. The highest BCUT2D eigenvalue weighted by atomic mass is 32.1. The number of benzene rings is 7. The zero-order valence-corrected chi connectivity index (χ0v) is 27.8. The van der Waals surface area contributed by atoms with Crippen LogP contribution in [0.3, 0.4) is 0 Å². The van der Waals surface area contributed by atoms with Crippen LogP contribution in [0.25, 0.3) is 92.7 Å². The fraction of sp³-hybridized carbons (Fsp3) is 0. The van der Waals surface area contributed by atoms with Crippen molar-refractivity contribution in [1.29, 1.82) is 0 Å². The van der Waals surface area contributed by atoms with Gasteiger partial charge in [0.15, 0.2) is 5.82 Å². The van der Waals surface area contributed by atoms with Crippen molar-refractivity contribution in [2.75, 3.05) is 0 Å². The van der Waals surface area contributed by atoms with Crippen LogP contribution < -0.4 is 0 Å². The molecule has 3 nitrogen and oxygen atoms in total. The predicted octanol–water partition coefficient (Wildman–Crippen LogP) is 12.6. The number of hydrogen-bond acceptors (Lipinski definition) is 3. The molecule has 0 bridgehead atoms. The molecule has 0 saturated heterocycles. The molecule has 0 unspecified atom stereocenters. The topological polar surface area (TPSA) is 30.7 Å². The van der Waals surface area contributed by atoms with Crippen molar-refractivity contribution in [3.8, 4) is 50.6 Å². The molecule has 0 saturated carbocycles. The van der Waals surface area contributed by atoms with Crippen molar-refractivity contribution in [2.45, 2.75) is 0 Å². The molecule has 0 amide bonds. The van der Waals surface area contributed by atoms with Crippen molar-refractivity contribution >= 4 is 53.4 Å². The molecule has 0 N–H and O–H groups in total. The summed E-state index contributed by atoms with van der Waals surface area (Å²) in [5.74, 6) is 0.749. The van der Waals surface area contributed by atoms with Gasteiger partial charge in [0, 0.05) is 37.7 Å². The van der Waals surface area contributed by atoms with Crippen LogP contribution in [0.15, 0.2) is 176 Å². The van der Waals surface area contributed by atoms with Gasteiger partial charge in [-0.05, 0) is 58.7 Å². The van der Waals surface area contributed by atoms with Gasteiger partial charge in [-0.3, -0.25) is 0 Å². The molecule has 4 heteroatoms. The summed E-state index contributed by atoms with van der Waals surface area (Å²) in [5, 5.41) is 3.68. The molecule has 3 heterocycles. The van der Waals surface area contributed by atoms with E-state index in [1.165, 1.54) is 54.4 Å². The maximum Gasteiger partial charge on any atom is 0.160 e. The van der Waals surface area contributed by atoms with Crippen LogP contribution in [0.5, 0.6) is 0 Å². The second kappa shape index (κ2) is 11.7. The van der Waals surface area contributed by atoms with Gasteiger partial charge >= 0.3 is 0 Å². The zero-order valence-electron chi connectivity index (χ0n) is 27.0. The second-order valence-electron chi connectivity index (χ2n) is 12.6. The number of fused-ring (bicyclic) bond motifs is 6. The molecular formula is C46H29N3S. The van der Waals surface area contributed by atoms with Crippen LogP contribution in [0, 0.1) is 0 Å². The molecule has 0 spiro atoms. The smallest absolute Gasteiger partial charge is 0.160 e. The van der Waals surface area contributed by atoms with Crippen LogP contribution in [-0.2, 0) is 0 Å². The van der Waals surface area contributed by atoms with Crippen LogP contribution in [0.4, 0.5) is 0 Å². The Labute approximate surface area is 293 Å². The van der Waals surface area contributed by atoms with Gasteiger partial charge < -0.3 is 4.57 Å². The van der Waals surface area contributed by atoms with Gasteiger partial charge in [0.2, 0.25) is 0 Å². The standard InChI is InChI=1S/C46H29N3S/c1-4-12-32(13-5-1)43-45-44(48-46(47-43)33-14-6-2-7-15-33)38-26-24-35(29-42(38)50-45)31-22-20-30(21-23-31)34-25-27-41-39(28-34)37-18-10-11-19-40(37)49(41)36-16-8-3-9-17-36/h1-29H. The van der Waals surface area contributed by atoms with Gasteiger partial charge in [0.1, 0.15) is 0 Å². The first-order chi connectivity index (χ1) is 24.8. The third kappa shape index (κ3) is 4.73. The predicted molar refractivity (Wildman–Crippen MR) is 211 cm³/mol. The van der Waals surface area contributed by atoms with Gasteiger partial charge in [-0.1, -0.05) is 140 Å². The number of para-hydroxylation sites is 2. The molecule has 0 aliphatic heterocycles.